The van der Waals surface area contributed by atoms with E-state index < -0.39 is 17.6 Å². The van der Waals surface area contributed by atoms with E-state index in [0.717, 1.165) is 56.6 Å². The first-order valence-corrected chi connectivity index (χ1v) is 12.8. The highest BCUT2D eigenvalue weighted by molar-refractivity contribution is 5.49. The summed E-state index contributed by atoms with van der Waals surface area (Å²) in [6.45, 7) is 11.0. The Morgan fingerprint density at radius 1 is 1.17 bits per heavy atom. The summed E-state index contributed by atoms with van der Waals surface area (Å²) < 4.78 is 52.8. The SMILES string of the molecule is C=C(NCc1cc(F)cc(C(F)(F)F)c1)C1(C)CCC(N2CC[C@@H](/C=C\c3ccccc3)[C@@H](C)C2)C1. The maximum atomic E-state index is 13.7. The van der Waals surface area contributed by atoms with Gasteiger partial charge in [0.25, 0.3) is 0 Å². The summed E-state index contributed by atoms with van der Waals surface area (Å²) in [7, 11) is 0. The van der Waals surface area contributed by atoms with Crippen LogP contribution in [0.4, 0.5) is 17.6 Å². The molecule has 1 aliphatic carbocycles. The van der Waals surface area contributed by atoms with E-state index in [4.69, 9.17) is 0 Å². The van der Waals surface area contributed by atoms with Crippen LogP contribution in [0.25, 0.3) is 6.08 Å². The summed E-state index contributed by atoms with van der Waals surface area (Å²) >= 11 is 0. The van der Waals surface area contributed by atoms with Gasteiger partial charge >= 0.3 is 6.18 Å². The molecule has 1 saturated carbocycles. The van der Waals surface area contributed by atoms with Gasteiger partial charge in [-0.1, -0.05) is 62.9 Å². The molecule has 2 aromatic carbocycles. The molecule has 2 aliphatic rings. The molecule has 1 N–H and O–H groups in total. The number of rotatable bonds is 7. The van der Waals surface area contributed by atoms with Crippen molar-refractivity contribution in [2.45, 2.75) is 58.3 Å². The van der Waals surface area contributed by atoms with E-state index in [2.05, 4.69) is 67.1 Å². The Labute approximate surface area is 212 Å². The van der Waals surface area contributed by atoms with Gasteiger partial charge in [0, 0.05) is 30.2 Å². The highest BCUT2D eigenvalue weighted by atomic mass is 19.4. The molecular weight excluding hydrogens is 464 g/mol. The molecule has 2 aromatic rings. The van der Waals surface area contributed by atoms with Crippen molar-refractivity contribution in [3.05, 3.63) is 89.4 Å². The zero-order chi connectivity index (χ0) is 25.9. The van der Waals surface area contributed by atoms with Crippen molar-refractivity contribution in [3.8, 4) is 0 Å². The topological polar surface area (TPSA) is 15.3 Å². The van der Waals surface area contributed by atoms with Crippen molar-refractivity contribution >= 4 is 6.08 Å². The molecule has 6 heteroatoms. The molecule has 0 amide bonds. The molecule has 1 aliphatic heterocycles. The summed E-state index contributed by atoms with van der Waals surface area (Å²) in [5.41, 5.74) is 1.21. The number of likely N-dealkylation sites (tertiary alicyclic amines) is 1. The summed E-state index contributed by atoms with van der Waals surface area (Å²) in [4.78, 5) is 2.61. The van der Waals surface area contributed by atoms with E-state index in [1.807, 2.05) is 6.07 Å². The maximum Gasteiger partial charge on any atom is 0.416 e. The Balaban J connectivity index is 1.30. The first-order chi connectivity index (χ1) is 17.0. The molecule has 194 valence electrons. The Hall–Kier alpha value is -2.60. The Morgan fingerprint density at radius 2 is 1.92 bits per heavy atom. The highest BCUT2D eigenvalue weighted by Gasteiger charge is 2.41. The molecule has 1 heterocycles. The Kier molecular flexibility index (Phi) is 7.93. The van der Waals surface area contributed by atoms with Crippen LogP contribution in [-0.4, -0.2) is 24.0 Å². The number of piperidine rings is 1. The minimum absolute atomic E-state index is 0.121. The second kappa shape index (κ2) is 10.8. The lowest BCUT2D eigenvalue weighted by Gasteiger charge is -2.40. The van der Waals surface area contributed by atoms with Gasteiger partial charge in [-0.2, -0.15) is 13.2 Å². The standard InChI is InChI=1S/C30H36F4N2/c1-21-20-36(14-12-25(21)10-9-23-7-5-4-6-8-23)28-11-13-29(3,18-28)22(2)35-19-24-15-26(30(32,33)34)17-27(31)16-24/h4-10,15-17,21,25,28,35H,2,11-14,18-20H2,1,3H3/b10-9-/t21-,25+,28?,29?/m0/s1. The minimum atomic E-state index is -4.57. The van der Waals surface area contributed by atoms with Crippen LogP contribution in [0.2, 0.25) is 0 Å². The van der Waals surface area contributed by atoms with Gasteiger partial charge in [-0.25, -0.2) is 4.39 Å². The number of benzene rings is 2. The van der Waals surface area contributed by atoms with Crippen molar-refractivity contribution in [2.75, 3.05) is 13.1 Å². The van der Waals surface area contributed by atoms with Gasteiger partial charge in [0.05, 0.1) is 5.56 Å². The van der Waals surface area contributed by atoms with E-state index in [1.165, 1.54) is 5.56 Å². The van der Waals surface area contributed by atoms with Crippen LogP contribution in [0, 0.1) is 23.1 Å². The lowest BCUT2D eigenvalue weighted by Crippen LogP contribution is -2.44. The van der Waals surface area contributed by atoms with Crippen LogP contribution in [0.1, 0.15) is 56.2 Å². The molecule has 4 atom stereocenters. The van der Waals surface area contributed by atoms with Gasteiger partial charge in [-0.05, 0) is 73.4 Å². The van der Waals surface area contributed by atoms with Crippen LogP contribution >= 0.6 is 0 Å². The van der Waals surface area contributed by atoms with E-state index in [9.17, 15) is 17.6 Å². The average molecular weight is 501 g/mol. The number of alkyl halides is 3. The van der Waals surface area contributed by atoms with Crippen LogP contribution < -0.4 is 5.32 Å². The molecule has 0 bridgehead atoms. The quantitative estimate of drug-likeness (QED) is 0.392. The minimum Gasteiger partial charge on any atom is -0.384 e. The number of halogens is 4. The molecule has 0 spiro atoms. The van der Waals surface area contributed by atoms with Crippen molar-refractivity contribution in [1.82, 2.24) is 10.2 Å². The largest absolute Gasteiger partial charge is 0.416 e. The van der Waals surface area contributed by atoms with Crippen molar-refractivity contribution in [2.24, 2.45) is 17.3 Å². The van der Waals surface area contributed by atoms with Gasteiger partial charge < -0.3 is 10.2 Å². The molecule has 0 radical (unpaired) electrons. The zero-order valence-corrected chi connectivity index (χ0v) is 21.1. The monoisotopic (exact) mass is 500 g/mol. The molecule has 0 aromatic heterocycles. The Morgan fingerprint density at radius 3 is 2.61 bits per heavy atom. The number of hydrogen-bond acceptors (Lipinski definition) is 2. The molecule has 2 nitrogen and oxygen atoms in total. The van der Waals surface area contributed by atoms with E-state index >= 15 is 0 Å². The van der Waals surface area contributed by atoms with Gasteiger partial charge in [0.2, 0.25) is 0 Å². The van der Waals surface area contributed by atoms with E-state index in [-0.39, 0.29) is 17.5 Å². The molecular formula is C30H36F4N2. The van der Waals surface area contributed by atoms with Crippen molar-refractivity contribution in [1.29, 1.82) is 0 Å². The third-order valence-electron chi connectivity index (χ3n) is 8.09. The molecule has 2 unspecified atom stereocenters. The average Bonchev–Trinajstić information content (AvgIpc) is 3.25. The molecule has 36 heavy (non-hydrogen) atoms. The predicted molar refractivity (Wildman–Crippen MR) is 137 cm³/mol. The molecule has 1 saturated heterocycles. The van der Waals surface area contributed by atoms with Gasteiger partial charge in [0.15, 0.2) is 0 Å². The fourth-order valence-corrected chi connectivity index (χ4v) is 5.75. The van der Waals surface area contributed by atoms with Gasteiger partial charge in [-0.3, -0.25) is 0 Å². The second-order valence-corrected chi connectivity index (χ2v) is 10.8. The van der Waals surface area contributed by atoms with Crippen LogP contribution in [-0.2, 0) is 12.7 Å². The van der Waals surface area contributed by atoms with Crippen molar-refractivity contribution < 1.29 is 17.6 Å². The fourth-order valence-electron chi connectivity index (χ4n) is 5.75. The predicted octanol–water partition coefficient (Wildman–Crippen LogP) is 7.68. The number of nitrogens with one attached hydrogen (secondary N) is 1. The number of allylic oxidation sites excluding steroid dienone is 2. The molecule has 2 fully saturated rings. The van der Waals surface area contributed by atoms with Crippen LogP contribution in [0.15, 0.2) is 66.9 Å². The Bertz CT molecular complexity index is 1080. The first kappa shape index (κ1) is 26.5. The lowest BCUT2D eigenvalue weighted by atomic mass is 9.83. The third kappa shape index (κ3) is 6.39. The highest BCUT2D eigenvalue weighted by Crippen LogP contribution is 2.45. The summed E-state index contributed by atoms with van der Waals surface area (Å²) in [5.74, 6) is 0.261. The first-order valence-electron chi connectivity index (χ1n) is 12.8. The number of hydrogen-bond donors (Lipinski definition) is 1. The summed E-state index contributed by atoms with van der Waals surface area (Å²) in [6.07, 6.45) is 4.18. The lowest BCUT2D eigenvalue weighted by molar-refractivity contribution is -0.137. The smallest absolute Gasteiger partial charge is 0.384 e. The van der Waals surface area contributed by atoms with E-state index in [1.54, 1.807) is 0 Å². The van der Waals surface area contributed by atoms with Gasteiger partial charge in [-0.15, -0.1) is 0 Å². The summed E-state index contributed by atoms with van der Waals surface area (Å²) in [5, 5.41) is 3.20. The van der Waals surface area contributed by atoms with Gasteiger partial charge in [0.1, 0.15) is 5.82 Å². The van der Waals surface area contributed by atoms with Crippen molar-refractivity contribution in [3.63, 3.8) is 0 Å². The third-order valence-corrected chi connectivity index (χ3v) is 8.09. The maximum absolute atomic E-state index is 13.7. The fraction of sp³-hybridized carbons (Fsp3) is 0.467. The summed E-state index contributed by atoms with van der Waals surface area (Å²) in [6, 6.07) is 13.5. The van der Waals surface area contributed by atoms with Crippen LogP contribution in [0.5, 0.6) is 0 Å². The molecule has 4 rings (SSSR count). The second-order valence-electron chi connectivity index (χ2n) is 10.8. The normalized spacial score (nSPS) is 27.4. The number of nitrogens with zero attached hydrogens (tertiary/aromatic N) is 1. The zero-order valence-electron chi connectivity index (χ0n) is 21.1. The van der Waals surface area contributed by atoms with Crippen LogP contribution in [0.3, 0.4) is 0 Å². The van der Waals surface area contributed by atoms with E-state index in [0.29, 0.717) is 23.9 Å².